The van der Waals surface area contributed by atoms with Gasteiger partial charge < -0.3 is 15.8 Å². The summed E-state index contributed by atoms with van der Waals surface area (Å²) in [7, 11) is 0. The van der Waals surface area contributed by atoms with Crippen molar-refractivity contribution in [3.05, 3.63) is 35.8 Å². The molecule has 0 radical (unpaired) electrons. The summed E-state index contributed by atoms with van der Waals surface area (Å²) < 4.78 is 5.31. The van der Waals surface area contributed by atoms with Crippen molar-refractivity contribution < 1.29 is 9.53 Å². The molecule has 2 aromatic rings. The highest BCUT2D eigenvalue weighted by Gasteiger charge is 2.26. The molecule has 1 aliphatic rings. The number of aromatic nitrogens is 1. The molecule has 1 aromatic carbocycles. The predicted molar refractivity (Wildman–Crippen MR) is 87.7 cm³/mol. The molecule has 0 spiro atoms. The Labute approximate surface area is 133 Å². The van der Waals surface area contributed by atoms with Gasteiger partial charge >= 0.3 is 0 Å². The van der Waals surface area contributed by atoms with E-state index in [-0.39, 0.29) is 11.8 Å². The Morgan fingerprint density at radius 3 is 2.95 bits per heavy atom. The molecule has 5 nitrogen and oxygen atoms in total. The Hall–Kier alpha value is -1.76. The third-order valence-electron chi connectivity index (χ3n) is 3.89. The number of carbonyl (C=O) groups is 1. The van der Waals surface area contributed by atoms with Crippen molar-refractivity contribution in [2.45, 2.75) is 18.9 Å². The number of ether oxygens (including phenoxy) is 1. The van der Waals surface area contributed by atoms with Crippen LogP contribution in [0.15, 0.2) is 35.8 Å². The second kappa shape index (κ2) is 7.00. The third kappa shape index (κ3) is 3.52. The maximum atomic E-state index is 12.3. The Balaban J connectivity index is 1.67. The smallest absolute Gasteiger partial charge is 0.241 e. The minimum atomic E-state index is -0.493. The summed E-state index contributed by atoms with van der Waals surface area (Å²) in [6, 6.07) is 7.19. The van der Waals surface area contributed by atoms with Crippen LogP contribution in [0, 0.1) is 5.92 Å². The Morgan fingerprint density at radius 1 is 1.41 bits per heavy atom. The van der Waals surface area contributed by atoms with E-state index < -0.39 is 6.04 Å². The molecule has 1 fully saturated rings. The summed E-state index contributed by atoms with van der Waals surface area (Å²) in [6.45, 7) is 1.37. The number of carbonyl (C=O) groups excluding carboxylic acids is 1. The molecular formula is C16H19N3O2S. The number of thiazole rings is 1. The Morgan fingerprint density at radius 2 is 2.23 bits per heavy atom. The lowest BCUT2D eigenvalue weighted by atomic mass is 9.92. The largest absolute Gasteiger partial charge is 0.381 e. The molecule has 1 amide bonds. The summed E-state index contributed by atoms with van der Waals surface area (Å²) in [5.41, 5.74) is 7.84. The van der Waals surface area contributed by atoms with E-state index in [0.717, 1.165) is 29.1 Å². The lowest BCUT2D eigenvalue weighted by Gasteiger charge is -2.26. The van der Waals surface area contributed by atoms with Gasteiger partial charge in [0.1, 0.15) is 5.01 Å². The van der Waals surface area contributed by atoms with Crippen molar-refractivity contribution >= 4 is 22.9 Å². The first-order valence-electron chi connectivity index (χ1n) is 7.38. The minimum absolute atomic E-state index is 0.136. The molecule has 3 N–H and O–H groups in total. The third-order valence-corrected chi connectivity index (χ3v) is 4.71. The maximum Gasteiger partial charge on any atom is 0.241 e. The van der Waals surface area contributed by atoms with Gasteiger partial charge in [-0.05, 0) is 30.9 Å². The maximum absolute atomic E-state index is 12.3. The molecule has 1 aromatic heterocycles. The van der Waals surface area contributed by atoms with E-state index in [1.807, 2.05) is 29.6 Å². The number of nitrogens with zero attached hydrogens (tertiary/aromatic N) is 1. The summed E-state index contributed by atoms with van der Waals surface area (Å²) in [5, 5.41) is 5.78. The molecule has 1 unspecified atom stereocenters. The highest BCUT2D eigenvalue weighted by atomic mass is 32.1. The van der Waals surface area contributed by atoms with E-state index >= 15 is 0 Å². The Bertz CT molecular complexity index is 624. The molecule has 2 heterocycles. The standard InChI is InChI=1S/C16H19N3O2S/c17-14(11-4-7-21-8-5-11)15(20)19-13-3-1-2-12(10-13)16-18-6-9-22-16/h1-3,6,9-11,14H,4-5,7-8,17H2,(H,19,20). The number of rotatable bonds is 4. The average molecular weight is 317 g/mol. The zero-order chi connectivity index (χ0) is 15.4. The fourth-order valence-electron chi connectivity index (χ4n) is 2.61. The van der Waals surface area contributed by atoms with E-state index in [4.69, 9.17) is 10.5 Å². The van der Waals surface area contributed by atoms with Gasteiger partial charge in [0, 0.05) is 36.0 Å². The van der Waals surface area contributed by atoms with E-state index in [0.29, 0.717) is 13.2 Å². The molecule has 6 heteroatoms. The molecule has 1 aliphatic heterocycles. The van der Waals surface area contributed by atoms with Gasteiger partial charge in [0.15, 0.2) is 0 Å². The molecule has 1 atom stereocenters. The van der Waals surface area contributed by atoms with Gasteiger partial charge in [0.25, 0.3) is 0 Å². The van der Waals surface area contributed by atoms with Crippen LogP contribution < -0.4 is 11.1 Å². The molecule has 0 aliphatic carbocycles. The average Bonchev–Trinajstić information content (AvgIpc) is 3.10. The van der Waals surface area contributed by atoms with Gasteiger partial charge in [-0.2, -0.15) is 0 Å². The van der Waals surface area contributed by atoms with E-state index in [9.17, 15) is 4.79 Å². The fraction of sp³-hybridized carbons (Fsp3) is 0.375. The second-order valence-electron chi connectivity index (χ2n) is 5.38. The lowest BCUT2D eigenvalue weighted by molar-refractivity contribution is -0.119. The lowest BCUT2D eigenvalue weighted by Crippen LogP contribution is -2.44. The topological polar surface area (TPSA) is 77.2 Å². The van der Waals surface area contributed by atoms with Gasteiger partial charge in [-0.1, -0.05) is 12.1 Å². The van der Waals surface area contributed by atoms with Crippen LogP contribution in [0.25, 0.3) is 10.6 Å². The fourth-order valence-corrected chi connectivity index (χ4v) is 3.25. The van der Waals surface area contributed by atoms with Gasteiger partial charge in [-0.3, -0.25) is 4.79 Å². The first-order chi connectivity index (χ1) is 10.7. The van der Waals surface area contributed by atoms with Gasteiger partial charge in [0.2, 0.25) is 5.91 Å². The molecule has 0 bridgehead atoms. The highest BCUT2D eigenvalue weighted by molar-refractivity contribution is 7.13. The molecule has 3 rings (SSSR count). The van der Waals surface area contributed by atoms with Crippen LogP contribution in [0.5, 0.6) is 0 Å². The SMILES string of the molecule is NC(C(=O)Nc1cccc(-c2nccs2)c1)C1CCOCC1. The second-order valence-corrected chi connectivity index (χ2v) is 6.28. The monoisotopic (exact) mass is 317 g/mol. The van der Waals surface area contributed by atoms with Crippen LogP contribution in [0.3, 0.4) is 0 Å². The van der Waals surface area contributed by atoms with Crippen LogP contribution in [-0.4, -0.2) is 30.1 Å². The normalized spacial score (nSPS) is 17.1. The zero-order valence-electron chi connectivity index (χ0n) is 12.2. The number of hydrogen-bond donors (Lipinski definition) is 2. The van der Waals surface area contributed by atoms with Crippen LogP contribution in [0.2, 0.25) is 0 Å². The summed E-state index contributed by atoms with van der Waals surface area (Å²) in [4.78, 5) is 16.6. The number of anilines is 1. The quantitative estimate of drug-likeness (QED) is 0.908. The Kier molecular flexibility index (Phi) is 4.82. The van der Waals surface area contributed by atoms with Crippen molar-refractivity contribution in [2.75, 3.05) is 18.5 Å². The van der Waals surface area contributed by atoms with Crippen molar-refractivity contribution in [2.24, 2.45) is 11.7 Å². The minimum Gasteiger partial charge on any atom is -0.381 e. The molecule has 0 saturated carbocycles. The van der Waals surface area contributed by atoms with Crippen LogP contribution in [0.4, 0.5) is 5.69 Å². The number of nitrogens with two attached hydrogens (primary N) is 1. The van der Waals surface area contributed by atoms with Gasteiger partial charge in [0.05, 0.1) is 6.04 Å². The number of nitrogens with one attached hydrogen (secondary N) is 1. The number of hydrogen-bond acceptors (Lipinski definition) is 5. The summed E-state index contributed by atoms with van der Waals surface area (Å²) in [5.74, 6) is 0.0547. The van der Waals surface area contributed by atoms with Crippen molar-refractivity contribution in [1.82, 2.24) is 4.98 Å². The van der Waals surface area contributed by atoms with E-state index in [2.05, 4.69) is 10.3 Å². The highest BCUT2D eigenvalue weighted by Crippen LogP contribution is 2.25. The molecule has 1 saturated heterocycles. The van der Waals surface area contributed by atoms with Crippen LogP contribution in [0.1, 0.15) is 12.8 Å². The summed E-state index contributed by atoms with van der Waals surface area (Å²) in [6.07, 6.45) is 3.45. The molecule has 116 valence electrons. The van der Waals surface area contributed by atoms with Crippen molar-refractivity contribution in [3.63, 3.8) is 0 Å². The van der Waals surface area contributed by atoms with Crippen LogP contribution in [-0.2, 0) is 9.53 Å². The van der Waals surface area contributed by atoms with Gasteiger partial charge in [-0.15, -0.1) is 11.3 Å². The van der Waals surface area contributed by atoms with Crippen molar-refractivity contribution in [1.29, 1.82) is 0 Å². The van der Waals surface area contributed by atoms with Gasteiger partial charge in [-0.25, -0.2) is 4.98 Å². The predicted octanol–water partition coefficient (Wildman–Crippen LogP) is 2.50. The number of amides is 1. The first kappa shape index (κ1) is 15.1. The van der Waals surface area contributed by atoms with E-state index in [1.54, 1.807) is 17.5 Å². The van der Waals surface area contributed by atoms with E-state index in [1.165, 1.54) is 0 Å². The molecular weight excluding hydrogens is 298 g/mol. The number of benzene rings is 1. The molecule has 22 heavy (non-hydrogen) atoms. The summed E-state index contributed by atoms with van der Waals surface area (Å²) >= 11 is 1.57. The first-order valence-corrected chi connectivity index (χ1v) is 8.26. The van der Waals surface area contributed by atoms with Crippen LogP contribution >= 0.6 is 11.3 Å². The van der Waals surface area contributed by atoms with Crippen molar-refractivity contribution in [3.8, 4) is 10.6 Å². The zero-order valence-corrected chi connectivity index (χ0v) is 13.0.